The molecule has 0 spiro atoms. The van der Waals surface area contributed by atoms with E-state index in [1.807, 2.05) is 0 Å². The van der Waals surface area contributed by atoms with E-state index in [0.29, 0.717) is 37.8 Å². The van der Waals surface area contributed by atoms with Gasteiger partial charge in [-0.05, 0) is 19.3 Å². The monoisotopic (exact) mass is 406 g/mol. The van der Waals surface area contributed by atoms with Crippen LogP contribution in [0.5, 0.6) is 0 Å². The highest BCUT2D eigenvalue weighted by atomic mass is 35.5. The van der Waals surface area contributed by atoms with Gasteiger partial charge in [-0.1, -0.05) is 29.6 Å². The van der Waals surface area contributed by atoms with Crippen LogP contribution in [0.2, 0.25) is 10.0 Å². The van der Waals surface area contributed by atoms with Crippen LogP contribution in [0, 0.1) is 0 Å². The van der Waals surface area contributed by atoms with Gasteiger partial charge < -0.3 is 15.2 Å². The fourth-order valence-corrected chi connectivity index (χ4v) is 4.23. The first-order valence-electron chi connectivity index (χ1n) is 8.48. The van der Waals surface area contributed by atoms with Crippen LogP contribution in [-0.4, -0.2) is 51.5 Å². The van der Waals surface area contributed by atoms with Gasteiger partial charge in [-0.25, -0.2) is 18.3 Å². The molecule has 10 heteroatoms. The molecule has 1 saturated carbocycles. The third-order valence-electron chi connectivity index (χ3n) is 5.35. The summed E-state index contributed by atoms with van der Waals surface area (Å²) in [5.74, 6) is 0.219. The highest BCUT2D eigenvalue weighted by Crippen LogP contribution is 2.52. The Balaban J connectivity index is 1.76. The summed E-state index contributed by atoms with van der Waals surface area (Å²) in [7, 11) is 0. The van der Waals surface area contributed by atoms with Gasteiger partial charge in [0.25, 0.3) is 0 Å². The standard InChI is InChI=1S/C16H18Cl2F2N4O2/c17-11-9-6-21-15(22-8-2-5-26-7-10(8)25)23-24(9)13(12(11)18)16(14(19)20)3-1-4-16/h6,8,10,14,25H,1-5,7H2,(H,22,23)/t8-,10-/m1/s1. The van der Waals surface area contributed by atoms with E-state index in [0.717, 1.165) is 0 Å². The van der Waals surface area contributed by atoms with Gasteiger partial charge >= 0.3 is 0 Å². The molecule has 2 aliphatic rings. The molecule has 2 N–H and O–H groups in total. The van der Waals surface area contributed by atoms with E-state index in [-0.39, 0.29) is 34.3 Å². The lowest BCUT2D eigenvalue weighted by Crippen LogP contribution is -2.43. The molecule has 2 aromatic rings. The lowest BCUT2D eigenvalue weighted by molar-refractivity contribution is -0.0136. The van der Waals surface area contributed by atoms with Crippen molar-refractivity contribution < 1.29 is 18.6 Å². The topological polar surface area (TPSA) is 71.7 Å². The van der Waals surface area contributed by atoms with Crippen LogP contribution in [0.25, 0.3) is 5.52 Å². The fourth-order valence-electron chi connectivity index (χ4n) is 3.65. The third kappa shape index (κ3) is 2.74. The number of aliphatic hydroxyl groups excluding tert-OH is 1. The second-order valence-electron chi connectivity index (χ2n) is 6.85. The van der Waals surface area contributed by atoms with E-state index >= 15 is 0 Å². The number of rotatable bonds is 4. The number of nitrogens with zero attached hydrogens (tertiary/aromatic N) is 3. The van der Waals surface area contributed by atoms with Gasteiger partial charge in [-0.2, -0.15) is 0 Å². The molecule has 2 aromatic heterocycles. The van der Waals surface area contributed by atoms with Crippen molar-refractivity contribution in [3.63, 3.8) is 0 Å². The van der Waals surface area contributed by atoms with Gasteiger partial charge in [-0.15, -0.1) is 5.10 Å². The summed E-state index contributed by atoms with van der Waals surface area (Å²) < 4.78 is 34.3. The van der Waals surface area contributed by atoms with Crippen molar-refractivity contribution in [3.05, 3.63) is 21.9 Å². The van der Waals surface area contributed by atoms with Crippen molar-refractivity contribution >= 4 is 34.7 Å². The van der Waals surface area contributed by atoms with Crippen molar-refractivity contribution in [3.8, 4) is 0 Å². The third-order valence-corrected chi connectivity index (χ3v) is 6.19. The van der Waals surface area contributed by atoms with Crippen molar-refractivity contribution in [2.75, 3.05) is 18.5 Å². The van der Waals surface area contributed by atoms with Crippen LogP contribution in [-0.2, 0) is 10.2 Å². The van der Waals surface area contributed by atoms with E-state index in [2.05, 4.69) is 15.4 Å². The average Bonchev–Trinajstić information content (AvgIpc) is 2.81. The zero-order valence-corrected chi connectivity index (χ0v) is 15.3. The number of nitrogens with one attached hydrogen (secondary N) is 1. The number of halogens is 4. The van der Waals surface area contributed by atoms with Crippen LogP contribution in [0.4, 0.5) is 14.7 Å². The van der Waals surface area contributed by atoms with E-state index in [1.165, 1.54) is 10.7 Å². The van der Waals surface area contributed by atoms with Crippen LogP contribution < -0.4 is 5.32 Å². The fraction of sp³-hybridized carbons (Fsp3) is 0.625. The minimum Gasteiger partial charge on any atom is -0.389 e. The van der Waals surface area contributed by atoms with E-state index < -0.39 is 17.9 Å². The Morgan fingerprint density at radius 3 is 2.73 bits per heavy atom. The number of ether oxygens (including phenoxy) is 1. The summed E-state index contributed by atoms with van der Waals surface area (Å²) in [6.45, 7) is 0.735. The maximum absolute atomic E-state index is 13.8. The largest absolute Gasteiger partial charge is 0.389 e. The summed E-state index contributed by atoms with van der Waals surface area (Å²) in [6, 6.07) is -0.279. The van der Waals surface area contributed by atoms with Crippen LogP contribution in [0.15, 0.2) is 6.20 Å². The minimum atomic E-state index is -2.56. The zero-order chi connectivity index (χ0) is 18.5. The molecule has 1 saturated heterocycles. The number of hydrogen-bond acceptors (Lipinski definition) is 5. The Hall–Kier alpha value is -1.22. The lowest BCUT2D eigenvalue weighted by Gasteiger charge is -2.40. The summed E-state index contributed by atoms with van der Waals surface area (Å²) >= 11 is 12.6. The van der Waals surface area contributed by atoms with Gasteiger partial charge in [0.1, 0.15) is 5.52 Å². The summed E-state index contributed by atoms with van der Waals surface area (Å²) in [4.78, 5) is 4.20. The SMILES string of the molecule is O[C@@H]1COCC[C@H]1Nc1ncc2c(Cl)c(Cl)c(C3(C(F)F)CCC3)n2n1. The molecule has 0 amide bonds. The van der Waals surface area contributed by atoms with Crippen LogP contribution >= 0.6 is 23.2 Å². The smallest absolute Gasteiger partial charge is 0.249 e. The van der Waals surface area contributed by atoms with Gasteiger partial charge in [-0.3, -0.25) is 0 Å². The molecule has 142 valence electrons. The Kier molecular flexibility index (Phi) is 4.71. The van der Waals surface area contributed by atoms with Crippen LogP contribution in [0.1, 0.15) is 31.4 Å². The molecule has 1 aliphatic heterocycles. The molecule has 0 bridgehead atoms. The molecule has 2 atom stereocenters. The molecule has 26 heavy (non-hydrogen) atoms. The van der Waals surface area contributed by atoms with E-state index in [9.17, 15) is 13.9 Å². The number of fused-ring (bicyclic) bond motifs is 1. The van der Waals surface area contributed by atoms with E-state index in [1.54, 1.807) is 0 Å². The molecule has 4 rings (SSSR count). The molecular formula is C16H18Cl2F2N4O2. The minimum absolute atomic E-state index is 0.101. The Bertz CT molecular complexity index is 828. The second kappa shape index (κ2) is 6.74. The first-order valence-corrected chi connectivity index (χ1v) is 9.23. The number of anilines is 1. The van der Waals surface area contributed by atoms with Gasteiger partial charge in [0.2, 0.25) is 12.4 Å². The van der Waals surface area contributed by atoms with Gasteiger partial charge in [0.15, 0.2) is 0 Å². The second-order valence-corrected chi connectivity index (χ2v) is 7.60. The molecule has 0 unspecified atom stereocenters. The Morgan fingerprint density at radius 2 is 2.12 bits per heavy atom. The normalized spacial score (nSPS) is 25.5. The molecule has 1 aliphatic carbocycles. The zero-order valence-electron chi connectivity index (χ0n) is 13.8. The average molecular weight is 407 g/mol. The molecular weight excluding hydrogens is 389 g/mol. The summed E-state index contributed by atoms with van der Waals surface area (Å²) in [5, 5.41) is 17.7. The Morgan fingerprint density at radius 1 is 1.35 bits per heavy atom. The number of aromatic nitrogens is 3. The number of alkyl halides is 2. The number of aliphatic hydroxyl groups is 1. The van der Waals surface area contributed by atoms with Crippen LogP contribution in [0.3, 0.4) is 0 Å². The highest BCUT2D eigenvalue weighted by Gasteiger charge is 2.51. The molecule has 3 heterocycles. The van der Waals surface area contributed by atoms with Crippen molar-refractivity contribution in [1.29, 1.82) is 0 Å². The van der Waals surface area contributed by atoms with E-state index in [4.69, 9.17) is 27.9 Å². The first-order chi connectivity index (χ1) is 12.4. The maximum Gasteiger partial charge on any atom is 0.249 e. The predicted molar refractivity (Wildman–Crippen MR) is 93.4 cm³/mol. The summed E-state index contributed by atoms with van der Waals surface area (Å²) in [5.41, 5.74) is -0.716. The van der Waals surface area contributed by atoms with Crippen molar-refractivity contribution in [1.82, 2.24) is 14.6 Å². The van der Waals surface area contributed by atoms with Gasteiger partial charge in [0.05, 0.1) is 46.1 Å². The maximum atomic E-state index is 13.8. The highest BCUT2D eigenvalue weighted by molar-refractivity contribution is 6.45. The molecule has 2 fully saturated rings. The number of hydrogen-bond donors (Lipinski definition) is 2. The quantitative estimate of drug-likeness (QED) is 0.814. The van der Waals surface area contributed by atoms with Crippen molar-refractivity contribution in [2.45, 2.75) is 49.7 Å². The predicted octanol–water partition coefficient (Wildman–Crippen LogP) is 3.28. The first kappa shape index (κ1) is 18.2. The molecule has 0 radical (unpaired) electrons. The molecule has 6 nitrogen and oxygen atoms in total. The van der Waals surface area contributed by atoms with Crippen molar-refractivity contribution in [2.24, 2.45) is 0 Å². The lowest BCUT2D eigenvalue weighted by atomic mass is 9.67. The molecule has 0 aromatic carbocycles. The van der Waals surface area contributed by atoms with Gasteiger partial charge in [0, 0.05) is 6.61 Å². The Labute approximate surface area is 158 Å². The summed E-state index contributed by atoms with van der Waals surface area (Å²) in [6.07, 6.45) is 0.150.